The Bertz CT molecular complexity index is 602. The van der Waals surface area contributed by atoms with Crippen molar-refractivity contribution in [1.29, 1.82) is 0 Å². The van der Waals surface area contributed by atoms with E-state index in [9.17, 15) is 24.0 Å². The predicted octanol–water partition coefficient (Wildman–Crippen LogP) is 1.13. The molecule has 0 aliphatic heterocycles. The quantitative estimate of drug-likeness (QED) is 0.116. The lowest BCUT2D eigenvalue weighted by molar-refractivity contribution is -0.147. The lowest BCUT2D eigenvalue weighted by Crippen LogP contribution is -2.45. The Morgan fingerprint density at radius 1 is 0.935 bits per heavy atom. The topological polar surface area (TPSA) is 157 Å². The molecule has 4 amide bonds. The SMILES string of the molecule is CC(=O)C(CCCNC(N)=O)NC(=O)CNC(=O)CCCCCOC(=O)C(CBr)CBr. The monoisotopic (exact) mass is 570 g/mol. The van der Waals surface area contributed by atoms with Crippen LogP contribution in [0.5, 0.6) is 0 Å². The van der Waals surface area contributed by atoms with Crippen LogP contribution in [0.15, 0.2) is 0 Å². The van der Waals surface area contributed by atoms with Crippen LogP contribution >= 0.6 is 31.9 Å². The van der Waals surface area contributed by atoms with Gasteiger partial charge in [-0.15, -0.1) is 0 Å². The van der Waals surface area contributed by atoms with E-state index in [4.69, 9.17) is 10.5 Å². The molecule has 0 aliphatic carbocycles. The second-order valence-corrected chi connectivity index (χ2v) is 8.22. The van der Waals surface area contributed by atoms with Crippen molar-refractivity contribution >= 4 is 61.5 Å². The summed E-state index contributed by atoms with van der Waals surface area (Å²) in [5.74, 6) is -1.41. The lowest BCUT2D eigenvalue weighted by Gasteiger charge is -2.16. The Morgan fingerprint density at radius 3 is 2.19 bits per heavy atom. The highest BCUT2D eigenvalue weighted by molar-refractivity contribution is 9.09. The summed E-state index contributed by atoms with van der Waals surface area (Å²) in [6.07, 6.45) is 3.05. The summed E-state index contributed by atoms with van der Waals surface area (Å²) in [7, 11) is 0. The second kappa shape index (κ2) is 17.9. The van der Waals surface area contributed by atoms with Crippen LogP contribution in [0.3, 0.4) is 0 Å². The van der Waals surface area contributed by atoms with Gasteiger partial charge in [0.25, 0.3) is 0 Å². The number of urea groups is 1. The van der Waals surface area contributed by atoms with Crippen LogP contribution < -0.4 is 21.7 Å². The van der Waals surface area contributed by atoms with E-state index in [0.29, 0.717) is 55.9 Å². The number of carbonyl (C=O) groups excluding carboxylic acids is 5. The molecule has 0 saturated heterocycles. The number of ketones is 1. The van der Waals surface area contributed by atoms with E-state index in [-0.39, 0.29) is 36.5 Å². The first-order chi connectivity index (χ1) is 14.7. The van der Waals surface area contributed by atoms with Crippen LogP contribution in [0, 0.1) is 5.92 Å². The second-order valence-electron chi connectivity index (χ2n) is 6.92. The molecule has 1 atom stereocenters. The summed E-state index contributed by atoms with van der Waals surface area (Å²) in [6.45, 7) is 1.75. The number of nitrogens with two attached hydrogens (primary N) is 1. The number of Topliss-reactive ketones (excluding diaryl/α,β-unsaturated/α-hetero) is 1. The number of hydrogen-bond acceptors (Lipinski definition) is 6. The molecule has 10 nitrogen and oxygen atoms in total. The molecule has 0 aromatic carbocycles. The molecule has 5 N–H and O–H groups in total. The Labute approximate surface area is 199 Å². The van der Waals surface area contributed by atoms with Gasteiger partial charge in [-0.2, -0.15) is 0 Å². The molecule has 0 aromatic rings. The number of primary amides is 1. The van der Waals surface area contributed by atoms with E-state index in [1.807, 2.05) is 0 Å². The predicted molar refractivity (Wildman–Crippen MR) is 123 cm³/mol. The number of rotatable bonds is 17. The molecule has 0 saturated carbocycles. The minimum atomic E-state index is -0.685. The van der Waals surface area contributed by atoms with Crippen molar-refractivity contribution in [2.24, 2.45) is 11.7 Å². The molecule has 31 heavy (non-hydrogen) atoms. The number of halogens is 2. The first-order valence-corrected chi connectivity index (χ1v) is 12.3. The fourth-order valence-corrected chi connectivity index (χ4v) is 4.03. The Hall–Kier alpha value is -1.69. The van der Waals surface area contributed by atoms with Crippen molar-refractivity contribution in [1.82, 2.24) is 16.0 Å². The number of hydrogen-bond donors (Lipinski definition) is 4. The van der Waals surface area contributed by atoms with Gasteiger partial charge < -0.3 is 26.4 Å². The molecule has 12 heteroatoms. The number of unbranched alkanes of at least 4 members (excludes halogenated alkanes) is 2. The molecule has 0 rings (SSSR count). The smallest absolute Gasteiger partial charge is 0.312 e. The van der Waals surface area contributed by atoms with E-state index in [2.05, 4.69) is 47.8 Å². The Balaban J connectivity index is 3.94. The molecular formula is C19H32Br2N4O6. The van der Waals surface area contributed by atoms with E-state index in [1.165, 1.54) is 6.92 Å². The van der Waals surface area contributed by atoms with Crippen molar-refractivity contribution in [2.75, 3.05) is 30.4 Å². The van der Waals surface area contributed by atoms with Gasteiger partial charge in [0, 0.05) is 23.6 Å². The Kier molecular flexibility index (Phi) is 17.0. The first kappa shape index (κ1) is 29.3. The van der Waals surface area contributed by atoms with Crippen LogP contribution in [0.2, 0.25) is 0 Å². The third-order valence-electron chi connectivity index (χ3n) is 4.24. The molecule has 0 aromatic heterocycles. The highest BCUT2D eigenvalue weighted by atomic mass is 79.9. The lowest BCUT2D eigenvalue weighted by atomic mass is 10.1. The van der Waals surface area contributed by atoms with Crippen molar-refractivity contribution in [3.8, 4) is 0 Å². The zero-order chi connectivity index (χ0) is 23.6. The minimum absolute atomic E-state index is 0.210. The normalized spacial score (nSPS) is 11.5. The van der Waals surface area contributed by atoms with Crippen LogP contribution in [0.1, 0.15) is 45.4 Å². The van der Waals surface area contributed by atoms with Crippen molar-refractivity contribution < 1.29 is 28.7 Å². The Morgan fingerprint density at radius 2 is 1.61 bits per heavy atom. The molecule has 0 radical (unpaired) electrons. The zero-order valence-electron chi connectivity index (χ0n) is 17.7. The van der Waals surface area contributed by atoms with Crippen molar-refractivity contribution in [2.45, 2.75) is 51.5 Å². The minimum Gasteiger partial charge on any atom is -0.465 e. The fraction of sp³-hybridized carbons (Fsp3) is 0.737. The summed E-state index contributed by atoms with van der Waals surface area (Å²) in [5.41, 5.74) is 4.96. The van der Waals surface area contributed by atoms with Gasteiger partial charge in [0.05, 0.1) is 25.1 Å². The van der Waals surface area contributed by atoms with Gasteiger partial charge >= 0.3 is 12.0 Å². The average molecular weight is 572 g/mol. The van der Waals surface area contributed by atoms with Crippen LogP contribution in [0.4, 0.5) is 4.79 Å². The van der Waals surface area contributed by atoms with Crippen molar-refractivity contribution in [3.05, 3.63) is 0 Å². The maximum Gasteiger partial charge on any atom is 0.312 e. The number of ether oxygens (including phenoxy) is 1. The number of amides is 4. The summed E-state index contributed by atoms with van der Waals surface area (Å²) in [5, 5.41) is 8.56. The molecule has 1 unspecified atom stereocenters. The molecule has 0 fully saturated rings. The van der Waals surface area contributed by atoms with E-state index < -0.39 is 18.0 Å². The number of esters is 1. The van der Waals surface area contributed by atoms with Crippen LogP contribution in [-0.2, 0) is 23.9 Å². The number of nitrogens with one attached hydrogen (secondary N) is 3. The third kappa shape index (κ3) is 15.7. The fourth-order valence-electron chi connectivity index (χ4n) is 2.43. The van der Waals surface area contributed by atoms with Gasteiger partial charge in [0.1, 0.15) is 0 Å². The standard InChI is InChI=1S/C19H32Br2N4O6/c1-13(26)15(6-5-8-23-19(22)30)25-17(28)12-24-16(27)7-3-2-4-9-31-18(29)14(10-20)11-21/h14-15H,2-12H2,1H3,(H,24,27)(H,25,28)(H3,22,23,30). The van der Waals surface area contributed by atoms with Crippen LogP contribution in [-0.4, -0.2) is 66.0 Å². The number of carbonyl (C=O) groups is 5. The number of alkyl halides is 2. The maximum atomic E-state index is 12.0. The highest BCUT2D eigenvalue weighted by Crippen LogP contribution is 2.09. The van der Waals surface area contributed by atoms with Crippen LogP contribution in [0.25, 0.3) is 0 Å². The summed E-state index contributed by atoms with van der Waals surface area (Å²) in [6, 6.07) is -1.33. The average Bonchev–Trinajstić information content (AvgIpc) is 2.71. The molecular weight excluding hydrogens is 540 g/mol. The summed E-state index contributed by atoms with van der Waals surface area (Å²) < 4.78 is 5.17. The summed E-state index contributed by atoms with van der Waals surface area (Å²) in [4.78, 5) is 57.7. The molecule has 0 heterocycles. The molecule has 0 bridgehead atoms. The first-order valence-electron chi connectivity index (χ1n) is 10.1. The van der Waals surface area contributed by atoms with Gasteiger partial charge in [-0.05, 0) is 39.0 Å². The zero-order valence-corrected chi connectivity index (χ0v) is 20.9. The van der Waals surface area contributed by atoms with E-state index in [0.717, 1.165) is 0 Å². The summed E-state index contributed by atoms with van der Waals surface area (Å²) >= 11 is 6.50. The van der Waals surface area contributed by atoms with Gasteiger partial charge in [-0.1, -0.05) is 31.9 Å². The molecule has 178 valence electrons. The van der Waals surface area contributed by atoms with Crippen molar-refractivity contribution in [3.63, 3.8) is 0 Å². The third-order valence-corrected chi connectivity index (χ3v) is 5.80. The maximum absolute atomic E-state index is 12.0. The van der Waals surface area contributed by atoms with E-state index >= 15 is 0 Å². The largest absolute Gasteiger partial charge is 0.465 e. The van der Waals surface area contributed by atoms with Gasteiger partial charge in [0.2, 0.25) is 11.8 Å². The van der Waals surface area contributed by atoms with E-state index in [1.54, 1.807) is 0 Å². The molecule has 0 spiro atoms. The highest BCUT2D eigenvalue weighted by Gasteiger charge is 2.18. The molecule has 0 aliphatic rings. The van der Waals surface area contributed by atoms with Gasteiger partial charge in [0.15, 0.2) is 5.78 Å². The van der Waals surface area contributed by atoms with Gasteiger partial charge in [-0.25, -0.2) is 4.79 Å². The van der Waals surface area contributed by atoms with Gasteiger partial charge in [-0.3, -0.25) is 19.2 Å².